The number of carbonyl (C=O) groups is 1. The van der Waals surface area contributed by atoms with Crippen LogP contribution in [0.1, 0.15) is 21.5 Å². The molecule has 98 valence electrons. The van der Waals surface area contributed by atoms with E-state index in [2.05, 4.69) is 33.4 Å². The summed E-state index contributed by atoms with van der Waals surface area (Å²) in [6.07, 6.45) is 0.847. The molecule has 0 aliphatic carbocycles. The Morgan fingerprint density at radius 1 is 1.16 bits per heavy atom. The van der Waals surface area contributed by atoms with Gasteiger partial charge in [0.1, 0.15) is 0 Å². The van der Waals surface area contributed by atoms with E-state index in [-0.39, 0.29) is 5.91 Å². The zero-order valence-corrected chi connectivity index (χ0v) is 12.4. The molecular weight excluding hydrogens is 302 g/mol. The number of nitrogens with one attached hydrogen (secondary N) is 1. The number of hydrogen-bond donors (Lipinski definition) is 1. The average molecular weight is 318 g/mol. The van der Waals surface area contributed by atoms with E-state index in [1.165, 1.54) is 5.56 Å². The van der Waals surface area contributed by atoms with Gasteiger partial charge in [-0.1, -0.05) is 52.3 Å². The van der Waals surface area contributed by atoms with Crippen molar-refractivity contribution in [2.75, 3.05) is 6.54 Å². The van der Waals surface area contributed by atoms with Crippen LogP contribution in [0.15, 0.2) is 53.0 Å². The van der Waals surface area contributed by atoms with Gasteiger partial charge in [-0.3, -0.25) is 4.79 Å². The molecule has 2 nitrogen and oxygen atoms in total. The lowest BCUT2D eigenvalue weighted by Gasteiger charge is -2.08. The molecule has 0 aliphatic heterocycles. The van der Waals surface area contributed by atoms with Crippen LogP contribution in [0.3, 0.4) is 0 Å². The molecule has 0 saturated carbocycles. The van der Waals surface area contributed by atoms with Crippen LogP contribution < -0.4 is 5.32 Å². The number of amides is 1. The van der Waals surface area contributed by atoms with Crippen LogP contribution in [0.2, 0.25) is 0 Å². The zero-order chi connectivity index (χ0) is 13.7. The van der Waals surface area contributed by atoms with E-state index in [4.69, 9.17) is 0 Å². The van der Waals surface area contributed by atoms with Gasteiger partial charge >= 0.3 is 0 Å². The van der Waals surface area contributed by atoms with Crippen molar-refractivity contribution in [3.05, 3.63) is 69.7 Å². The molecule has 1 N–H and O–H groups in total. The Morgan fingerprint density at radius 3 is 2.63 bits per heavy atom. The van der Waals surface area contributed by atoms with Gasteiger partial charge in [-0.25, -0.2) is 0 Å². The summed E-state index contributed by atoms with van der Waals surface area (Å²) < 4.78 is 0.923. The van der Waals surface area contributed by atoms with E-state index in [0.29, 0.717) is 6.54 Å². The Hall–Kier alpha value is -1.61. The molecule has 3 heteroatoms. The van der Waals surface area contributed by atoms with Crippen LogP contribution in [-0.2, 0) is 6.42 Å². The number of benzene rings is 2. The highest BCUT2D eigenvalue weighted by Crippen LogP contribution is 2.15. The lowest BCUT2D eigenvalue weighted by Crippen LogP contribution is -2.26. The first-order valence-electron chi connectivity index (χ1n) is 6.25. The lowest BCUT2D eigenvalue weighted by atomic mass is 10.1. The highest BCUT2D eigenvalue weighted by Gasteiger charge is 2.08. The molecule has 0 radical (unpaired) electrons. The van der Waals surface area contributed by atoms with Crippen LogP contribution in [0, 0.1) is 6.92 Å². The molecule has 0 fully saturated rings. The van der Waals surface area contributed by atoms with E-state index in [1.54, 1.807) is 0 Å². The first kappa shape index (κ1) is 13.8. The topological polar surface area (TPSA) is 29.1 Å². The second-order valence-electron chi connectivity index (χ2n) is 4.45. The molecular formula is C16H16BrNO. The van der Waals surface area contributed by atoms with Gasteiger partial charge in [0.25, 0.3) is 5.91 Å². The smallest absolute Gasteiger partial charge is 0.251 e. The van der Waals surface area contributed by atoms with Gasteiger partial charge in [0.2, 0.25) is 0 Å². The molecule has 0 atom stereocenters. The molecule has 0 aliphatic rings. The highest BCUT2D eigenvalue weighted by molar-refractivity contribution is 9.10. The summed E-state index contributed by atoms with van der Waals surface area (Å²) in [7, 11) is 0. The second-order valence-corrected chi connectivity index (χ2v) is 5.37. The van der Waals surface area contributed by atoms with Crippen LogP contribution in [-0.4, -0.2) is 12.5 Å². The average Bonchev–Trinajstić information content (AvgIpc) is 2.42. The van der Waals surface area contributed by atoms with E-state index in [1.807, 2.05) is 43.3 Å². The van der Waals surface area contributed by atoms with Gasteiger partial charge in [-0.15, -0.1) is 0 Å². The van der Waals surface area contributed by atoms with Crippen molar-refractivity contribution < 1.29 is 4.79 Å². The molecule has 19 heavy (non-hydrogen) atoms. The number of rotatable bonds is 4. The lowest BCUT2D eigenvalue weighted by molar-refractivity contribution is 0.0953. The Kier molecular flexibility index (Phi) is 4.74. The van der Waals surface area contributed by atoms with E-state index < -0.39 is 0 Å². The summed E-state index contributed by atoms with van der Waals surface area (Å²) in [5, 5.41) is 2.96. The number of carbonyl (C=O) groups excluding carboxylic acids is 1. The maximum absolute atomic E-state index is 12.1. The minimum atomic E-state index is -0.0188. The largest absolute Gasteiger partial charge is 0.352 e. The van der Waals surface area contributed by atoms with Gasteiger partial charge in [-0.2, -0.15) is 0 Å². The first-order valence-corrected chi connectivity index (χ1v) is 7.04. The van der Waals surface area contributed by atoms with Crippen molar-refractivity contribution in [1.29, 1.82) is 0 Å². The van der Waals surface area contributed by atoms with Crippen molar-refractivity contribution in [3.8, 4) is 0 Å². The highest BCUT2D eigenvalue weighted by atomic mass is 79.9. The third-order valence-corrected chi connectivity index (χ3v) is 3.48. The third-order valence-electron chi connectivity index (χ3n) is 2.99. The second kappa shape index (κ2) is 6.53. The van der Waals surface area contributed by atoms with Crippen molar-refractivity contribution >= 4 is 21.8 Å². The quantitative estimate of drug-likeness (QED) is 0.914. The Bertz CT molecular complexity index is 566. The molecule has 2 aromatic rings. The molecule has 0 saturated heterocycles. The molecule has 2 rings (SSSR count). The summed E-state index contributed by atoms with van der Waals surface area (Å²) >= 11 is 3.39. The summed E-state index contributed by atoms with van der Waals surface area (Å²) in [5.74, 6) is -0.0188. The Balaban J connectivity index is 1.93. The van der Waals surface area contributed by atoms with Gasteiger partial charge in [0.15, 0.2) is 0 Å². The van der Waals surface area contributed by atoms with E-state index >= 15 is 0 Å². The van der Waals surface area contributed by atoms with Gasteiger partial charge in [0.05, 0.1) is 0 Å². The standard InChI is InChI=1S/C16H16BrNO/c1-12-7-8-14(17)11-15(12)16(19)18-10-9-13-5-3-2-4-6-13/h2-8,11H,9-10H2,1H3,(H,18,19). The minimum absolute atomic E-state index is 0.0188. The molecule has 0 spiro atoms. The fourth-order valence-corrected chi connectivity index (χ4v) is 2.26. The molecule has 0 heterocycles. The van der Waals surface area contributed by atoms with Crippen LogP contribution in [0.5, 0.6) is 0 Å². The third kappa shape index (κ3) is 3.93. The molecule has 0 bridgehead atoms. The van der Waals surface area contributed by atoms with Crippen LogP contribution in [0.4, 0.5) is 0 Å². The predicted octanol–water partition coefficient (Wildman–Crippen LogP) is 3.73. The van der Waals surface area contributed by atoms with Gasteiger partial charge in [-0.05, 0) is 36.6 Å². The monoisotopic (exact) mass is 317 g/mol. The van der Waals surface area contributed by atoms with E-state index in [9.17, 15) is 4.79 Å². The number of hydrogen-bond acceptors (Lipinski definition) is 1. The van der Waals surface area contributed by atoms with Crippen molar-refractivity contribution in [1.82, 2.24) is 5.32 Å². The molecule has 2 aromatic carbocycles. The summed E-state index contributed by atoms with van der Waals surface area (Å²) in [6, 6.07) is 15.9. The van der Waals surface area contributed by atoms with Crippen molar-refractivity contribution in [2.24, 2.45) is 0 Å². The van der Waals surface area contributed by atoms with Gasteiger partial charge in [0, 0.05) is 16.6 Å². The zero-order valence-electron chi connectivity index (χ0n) is 10.8. The number of halogens is 1. The summed E-state index contributed by atoms with van der Waals surface area (Å²) in [5.41, 5.74) is 2.94. The molecule has 0 unspecified atom stereocenters. The van der Waals surface area contributed by atoms with Crippen molar-refractivity contribution in [2.45, 2.75) is 13.3 Å². The maximum Gasteiger partial charge on any atom is 0.251 e. The predicted molar refractivity (Wildman–Crippen MR) is 81.4 cm³/mol. The van der Waals surface area contributed by atoms with Gasteiger partial charge < -0.3 is 5.32 Å². The van der Waals surface area contributed by atoms with Crippen molar-refractivity contribution in [3.63, 3.8) is 0 Å². The maximum atomic E-state index is 12.1. The van der Waals surface area contributed by atoms with E-state index in [0.717, 1.165) is 22.0 Å². The Labute approximate surface area is 122 Å². The fourth-order valence-electron chi connectivity index (χ4n) is 1.90. The minimum Gasteiger partial charge on any atom is -0.352 e. The SMILES string of the molecule is Cc1ccc(Br)cc1C(=O)NCCc1ccccc1. The normalized spacial score (nSPS) is 10.2. The summed E-state index contributed by atoms with van der Waals surface area (Å²) in [6.45, 7) is 2.59. The Morgan fingerprint density at radius 2 is 1.89 bits per heavy atom. The van der Waals surface area contributed by atoms with Crippen LogP contribution >= 0.6 is 15.9 Å². The molecule has 0 aromatic heterocycles. The fraction of sp³-hybridized carbons (Fsp3) is 0.188. The molecule has 1 amide bonds. The van der Waals surface area contributed by atoms with Crippen LogP contribution in [0.25, 0.3) is 0 Å². The summed E-state index contributed by atoms with van der Waals surface area (Å²) in [4.78, 5) is 12.1. The first-order chi connectivity index (χ1) is 9.16. The number of aryl methyl sites for hydroxylation is 1.